The third-order valence-electron chi connectivity index (χ3n) is 0.264. The van der Waals surface area contributed by atoms with Gasteiger partial charge < -0.3 is 10.2 Å². The van der Waals surface area contributed by atoms with Crippen LogP contribution in [-0.4, -0.2) is 50.2 Å². The molecule has 0 bridgehead atoms. The molecule has 2 nitrogen and oxygen atoms in total. The van der Waals surface area contributed by atoms with Gasteiger partial charge in [-0.25, -0.2) is 0 Å². The Kier molecular flexibility index (Phi) is 9.70. The first kappa shape index (κ1) is 9.96. The summed E-state index contributed by atoms with van der Waals surface area (Å²) in [6, 6.07) is 0. The van der Waals surface area contributed by atoms with E-state index in [-0.39, 0.29) is 33.9 Å². The van der Waals surface area contributed by atoms with Gasteiger partial charge in [-0.1, -0.05) is 0 Å². The number of aliphatic hydroxyl groups excluding tert-OH is 2. The van der Waals surface area contributed by atoms with Crippen LogP contribution in [0.3, 0.4) is 0 Å². The van der Waals surface area contributed by atoms with E-state index in [0.29, 0.717) is 0 Å². The van der Waals surface area contributed by atoms with E-state index in [9.17, 15) is 0 Å². The molecule has 0 saturated carbocycles. The van der Waals surface area contributed by atoms with Crippen LogP contribution in [-0.2, 0) is 0 Å². The number of hydrogen-bond donors (Lipinski definition) is 2. The molecule has 0 amide bonds. The number of rotatable bonds is 1. The van der Waals surface area contributed by atoms with Crippen LogP contribution in [0.2, 0.25) is 0 Å². The second kappa shape index (κ2) is 5.84. The van der Waals surface area contributed by atoms with E-state index < -0.39 is 6.10 Å². The molecule has 1 atom stereocenters. The molecule has 0 aliphatic carbocycles. The van der Waals surface area contributed by atoms with E-state index in [4.69, 9.17) is 10.2 Å². The molecule has 0 aliphatic rings. The van der Waals surface area contributed by atoms with Crippen molar-refractivity contribution in [2.45, 2.75) is 13.0 Å². The van der Waals surface area contributed by atoms with Crippen LogP contribution in [0.25, 0.3) is 0 Å². The molecule has 1 unspecified atom stereocenters. The summed E-state index contributed by atoms with van der Waals surface area (Å²) in [5.74, 6) is 0. The standard InChI is InChI=1S/C3H8O2.Pb.2H/c1-3(5)2-4;;;/h3-5H,2H2,1H3;;;. The molecule has 0 rings (SSSR count). The van der Waals surface area contributed by atoms with Crippen molar-refractivity contribution in [2.75, 3.05) is 6.61 Å². The summed E-state index contributed by atoms with van der Waals surface area (Å²) < 4.78 is 0. The fraction of sp³-hybridized carbons (Fsp3) is 1.00. The van der Waals surface area contributed by atoms with Gasteiger partial charge in [0.2, 0.25) is 0 Å². The zero-order valence-electron chi connectivity index (χ0n) is 3.89. The van der Waals surface area contributed by atoms with Gasteiger partial charge in [0, 0.05) is 0 Å². The molecular formula is C3H10O2Pb. The van der Waals surface area contributed by atoms with Crippen LogP contribution in [0, 0.1) is 0 Å². The average Bonchev–Trinajstić information content (AvgIpc) is 1.38. The van der Waals surface area contributed by atoms with Crippen LogP contribution in [0.15, 0.2) is 0 Å². The Balaban J connectivity index is 0. The first-order valence-electron chi connectivity index (χ1n) is 1.56. The minimum absolute atomic E-state index is 0. The van der Waals surface area contributed by atoms with Gasteiger partial charge in [0.05, 0.1) is 12.7 Å². The predicted molar refractivity (Wildman–Crippen MR) is 27.3 cm³/mol. The van der Waals surface area contributed by atoms with Crippen LogP contribution in [0.5, 0.6) is 0 Å². The number of hydrogen-bond acceptors (Lipinski definition) is 2. The minimum atomic E-state index is -0.560. The Morgan fingerprint density at radius 1 is 1.67 bits per heavy atom. The van der Waals surface area contributed by atoms with Crippen molar-refractivity contribution in [1.29, 1.82) is 0 Å². The monoisotopic (exact) mass is 286 g/mol. The quantitative estimate of drug-likeness (QED) is 0.572. The topological polar surface area (TPSA) is 40.5 Å². The summed E-state index contributed by atoms with van der Waals surface area (Å²) in [7, 11) is 0. The first-order chi connectivity index (χ1) is 2.27. The molecule has 6 heavy (non-hydrogen) atoms. The van der Waals surface area contributed by atoms with Crippen LogP contribution < -0.4 is 0 Å². The van der Waals surface area contributed by atoms with E-state index in [1.54, 1.807) is 0 Å². The summed E-state index contributed by atoms with van der Waals surface area (Å²) in [5, 5.41) is 16.0. The molecule has 0 aromatic carbocycles. The molecule has 0 heterocycles. The Morgan fingerprint density at radius 3 is 1.83 bits per heavy atom. The maximum atomic E-state index is 8.11. The van der Waals surface area contributed by atoms with Gasteiger partial charge in [0.25, 0.3) is 0 Å². The molecule has 2 N–H and O–H groups in total. The Hall–Kier alpha value is 0.842. The Bertz CT molecular complexity index is 22.8. The van der Waals surface area contributed by atoms with Crippen molar-refractivity contribution in [2.24, 2.45) is 0 Å². The van der Waals surface area contributed by atoms with Gasteiger partial charge in [0.1, 0.15) is 0 Å². The molecule has 0 aromatic rings. The SMILES string of the molecule is CC(O)CO.[PbH2]. The molecular weight excluding hydrogens is 275 g/mol. The van der Waals surface area contributed by atoms with Crippen LogP contribution in [0.1, 0.15) is 6.92 Å². The predicted octanol–water partition coefficient (Wildman–Crippen LogP) is -1.56. The molecule has 0 fully saturated rings. The summed E-state index contributed by atoms with van der Waals surface area (Å²) in [4.78, 5) is 0. The van der Waals surface area contributed by atoms with Crippen LogP contribution >= 0.6 is 0 Å². The van der Waals surface area contributed by atoms with E-state index in [1.807, 2.05) is 0 Å². The van der Waals surface area contributed by atoms with Gasteiger partial charge in [-0.05, 0) is 6.92 Å². The second-order valence-corrected chi connectivity index (χ2v) is 1.03. The molecule has 38 valence electrons. The van der Waals surface area contributed by atoms with E-state index in [1.165, 1.54) is 6.92 Å². The molecule has 3 heteroatoms. The van der Waals surface area contributed by atoms with Gasteiger partial charge in [0.15, 0.2) is 0 Å². The molecule has 0 aliphatic heterocycles. The van der Waals surface area contributed by atoms with Crippen molar-refractivity contribution < 1.29 is 10.2 Å². The van der Waals surface area contributed by atoms with Crippen molar-refractivity contribution in [1.82, 2.24) is 0 Å². The van der Waals surface area contributed by atoms with Crippen molar-refractivity contribution in [3.63, 3.8) is 0 Å². The van der Waals surface area contributed by atoms with Crippen molar-refractivity contribution in [3.8, 4) is 0 Å². The summed E-state index contributed by atoms with van der Waals surface area (Å²) in [6.45, 7) is 1.39. The first-order valence-corrected chi connectivity index (χ1v) is 1.56. The molecule has 0 aromatic heterocycles. The van der Waals surface area contributed by atoms with E-state index in [0.717, 1.165) is 0 Å². The molecule has 0 saturated heterocycles. The zero-order chi connectivity index (χ0) is 4.28. The van der Waals surface area contributed by atoms with Gasteiger partial charge in [-0.3, -0.25) is 0 Å². The summed E-state index contributed by atoms with van der Waals surface area (Å²) in [5.41, 5.74) is 0. The summed E-state index contributed by atoms with van der Waals surface area (Å²) >= 11 is 0. The normalized spacial score (nSPS) is 12.5. The van der Waals surface area contributed by atoms with Crippen molar-refractivity contribution >= 4 is 27.3 Å². The third-order valence-corrected chi connectivity index (χ3v) is 0.264. The van der Waals surface area contributed by atoms with Crippen molar-refractivity contribution in [3.05, 3.63) is 0 Å². The maximum absolute atomic E-state index is 8.11. The fourth-order valence-corrected chi connectivity index (χ4v) is 0. The molecule has 0 spiro atoms. The number of aliphatic hydroxyl groups is 2. The van der Waals surface area contributed by atoms with E-state index >= 15 is 0 Å². The Morgan fingerprint density at radius 2 is 1.83 bits per heavy atom. The summed E-state index contributed by atoms with van der Waals surface area (Å²) in [6.07, 6.45) is -0.560. The third kappa shape index (κ3) is 8.85. The van der Waals surface area contributed by atoms with Gasteiger partial charge in [-0.2, -0.15) is 0 Å². The molecule has 2 radical (unpaired) electrons. The average molecular weight is 285 g/mol. The second-order valence-electron chi connectivity index (χ2n) is 1.03. The zero-order valence-corrected chi connectivity index (χ0v) is 9.38. The van der Waals surface area contributed by atoms with Gasteiger partial charge >= 0.3 is 27.3 Å². The van der Waals surface area contributed by atoms with Gasteiger partial charge in [-0.15, -0.1) is 0 Å². The van der Waals surface area contributed by atoms with Crippen LogP contribution in [0.4, 0.5) is 0 Å². The Labute approximate surface area is 57.3 Å². The van der Waals surface area contributed by atoms with E-state index in [2.05, 4.69) is 0 Å². The fourth-order valence-electron chi connectivity index (χ4n) is 0.